The third kappa shape index (κ3) is 3.11. The number of likely N-dealkylation sites (tertiary alicyclic amines) is 1. The van der Waals surface area contributed by atoms with Gasteiger partial charge in [0, 0.05) is 12.2 Å². The van der Waals surface area contributed by atoms with Gasteiger partial charge in [-0.3, -0.25) is 14.5 Å². The lowest BCUT2D eigenvalue weighted by atomic mass is 9.80. The Morgan fingerprint density at radius 1 is 1.31 bits per heavy atom. The Hall–Kier alpha value is -3.08. The zero-order valence-electron chi connectivity index (χ0n) is 16.8. The highest BCUT2D eigenvalue weighted by Crippen LogP contribution is 2.48. The van der Waals surface area contributed by atoms with E-state index in [1.165, 1.54) is 4.90 Å². The SMILES string of the molecule is C#[N+][C@@H]1C[C@@]2(CN1C(=O)C1(NC(=O)OC(C)(C)C)CC1)C(=O)Nc1ccccc12. The average Bonchev–Trinajstić information content (AvgIpc) is 3.22. The van der Waals surface area contributed by atoms with Crippen LogP contribution < -0.4 is 10.6 Å². The van der Waals surface area contributed by atoms with Crippen LogP contribution in [0.15, 0.2) is 24.3 Å². The second kappa shape index (κ2) is 6.21. The number of alkyl carbamates (subject to hydrolysis) is 1. The zero-order chi connectivity index (χ0) is 21.0. The summed E-state index contributed by atoms with van der Waals surface area (Å²) in [5, 5.41) is 5.62. The summed E-state index contributed by atoms with van der Waals surface area (Å²) in [6, 6.07) is 7.45. The van der Waals surface area contributed by atoms with Gasteiger partial charge in [-0.15, -0.1) is 0 Å². The van der Waals surface area contributed by atoms with E-state index in [0.717, 1.165) is 11.3 Å². The first-order chi connectivity index (χ1) is 13.6. The quantitative estimate of drug-likeness (QED) is 0.802. The molecule has 1 saturated heterocycles. The van der Waals surface area contributed by atoms with Gasteiger partial charge in [0.15, 0.2) is 0 Å². The van der Waals surface area contributed by atoms with Crippen molar-refractivity contribution in [2.45, 2.75) is 62.8 Å². The first-order valence-corrected chi connectivity index (χ1v) is 9.73. The van der Waals surface area contributed by atoms with Crippen molar-refractivity contribution in [3.63, 3.8) is 0 Å². The number of nitrogens with one attached hydrogen (secondary N) is 2. The number of amides is 3. The molecular formula is C21H25N4O4+. The predicted octanol–water partition coefficient (Wildman–Crippen LogP) is 2.45. The molecule has 8 heteroatoms. The molecule has 1 aromatic rings. The number of nitrogens with zero attached hydrogens (tertiary/aromatic N) is 2. The maximum atomic E-state index is 13.4. The highest BCUT2D eigenvalue weighted by Gasteiger charge is 2.64. The minimum absolute atomic E-state index is 0.160. The third-order valence-corrected chi connectivity index (χ3v) is 5.79. The first-order valence-electron chi connectivity index (χ1n) is 9.73. The van der Waals surface area contributed by atoms with E-state index in [1.807, 2.05) is 24.3 Å². The van der Waals surface area contributed by atoms with Gasteiger partial charge in [-0.25, -0.2) is 4.79 Å². The van der Waals surface area contributed by atoms with Gasteiger partial charge in [-0.05, 0) is 45.2 Å². The monoisotopic (exact) mass is 397 g/mol. The van der Waals surface area contributed by atoms with Crippen LogP contribution in [-0.2, 0) is 19.7 Å². The molecular weight excluding hydrogens is 372 g/mol. The molecule has 8 nitrogen and oxygen atoms in total. The molecule has 0 aromatic heterocycles. The number of fused-ring (bicyclic) bond motifs is 2. The molecule has 4 rings (SSSR count). The number of carbonyl (C=O) groups is 3. The zero-order valence-corrected chi connectivity index (χ0v) is 16.8. The molecule has 29 heavy (non-hydrogen) atoms. The second-order valence-corrected chi connectivity index (χ2v) is 9.06. The van der Waals surface area contributed by atoms with Crippen LogP contribution in [0.5, 0.6) is 0 Å². The summed E-state index contributed by atoms with van der Waals surface area (Å²) >= 11 is 0. The lowest BCUT2D eigenvalue weighted by molar-refractivity contribution is -0.135. The number of carbonyl (C=O) groups excluding carboxylic acids is 3. The maximum Gasteiger partial charge on any atom is 0.408 e. The van der Waals surface area contributed by atoms with Crippen LogP contribution in [0.4, 0.5) is 10.5 Å². The van der Waals surface area contributed by atoms with Crippen molar-refractivity contribution in [1.29, 1.82) is 0 Å². The van der Waals surface area contributed by atoms with Crippen LogP contribution in [0.2, 0.25) is 0 Å². The molecule has 0 unspecified atom stereocenters. The smallest absolute Gasteiger partial charge is 0.408 e. The van der Waals surface area contributed by atoms with Gasteiger partial charge in [0.05, 0.1) is 6.42 Å². The van der Waals surface area contributed by atoms with Gasteiger partial charge >= 0.3 is 12.3 Å². The topological polar surface area (TPSA) is 92.1 Å². The van der Waals surface area contributed by atoms with Crippen LogP contribution >= 0.6 is 0 Å². The maximum absolute atomic E-state index is 13.4. The van der Waals surface area contributed by atoms with Crippen molar-refractivity contribution in [2.24, 2.45) is 0 Å². The summed E-state index contributed by atoms with van der Waals surface area (Å²) in [6.45, 7) is 11.1. The van der Waals surface area contributed by atoms with Crippen LogP contribution in [0.25, 0.3) is 4.85 Å². The number of benzene rings is 1. The lowest BCUT2D eigenvalue weighted by Gasteiger charge is -2.26. The van der Waals surface area contributed by atoms with E-state index in [1.54, 1.807) is 20.8 Å². The van der Waals surface area contributed by atoms with Gasteiger partial charge in [0.25, 0.3) is 12.5 Å². The molecule has 0 radical (unpaired) electrons. The van der Waals surface area contributed by atoms with Crippen molar-refractivity contribution in [3.8, 4) is 6.57 Å². The minimum Gasteiger partial charge on any atom is -0.444 e. The fraction of sp³-hybridized carbons (Fsp3) is 0.524. The highest BCUT2D eigenvalue weighted by atomic mass is 16.6. The van der Waals surface area contributed by atoms with E-state index in [-0.39, 0.29) is 18.4 Å². The van der Waals surface area contributed by atoms with Crippen LogP contribution in [0.3, 0.4) is 0 Å². The van der Waals surface area contributed by atoms with Crippen molar-refractivity contribution in [2.75, 3.05) is 11.9 Å². The molecule has 1 aromatic carbocycles. The normalized spacial score (nSPS) is 26.5. The minimum atomic E-state index is -1.02. The van der Waals surface area contributed by atoms with Crippen LogP contribution in [0, 0.1) is 6.57 Å². The number of para-hydroxylation sites is 1. The summed E-state index contributed by atoms with van der Waals surface area (Å²) < 4.78 is 5.30. The van der Waals surface area contributed by atoms with E-state index >= 15 is 0 Å². The highest BCUT2D eigenvalue weighted by molar-refractivity contribution is 6.07. The largest absolute Gasteiger partial charge is 0.444 e. The lowest BCUT2D eigenvalue weighted by Crippen LogP contribution is -2.53. The van der Waals surface area contributed by atoms with Gasteiger partial charge in [-0.2, -0.15) is 0 Å². The molecule has 3 amide bonds. The summed E-state index contributed by atoms with van der Waals surface area (Å²) in [4.78, 5) is 43.9. The third-order valence-electron chi connectivity index (χ3n) is 5.79. The Morgan fingerprint density at radius 2 is 2.00 bits per heavy atom. The molecule has 1 saturated carbocycles. The van der Waals surface area contributed by atoms with Crippen LogP contribution in [0.1, 0.15) is 45.6 Å². The Morgan fingerprint density at radius 3 is 2.62 bits per heavy atom. The molecule has 2 aliphatic heterocycles. The summed E-state index contributed by atoms with van der Waals surface area (Å²) in [7, 11) is 0. The summed E-state index contributed by atoms with van der Waals surface area (Å²) in [6.07, 6.45) is 0.0453. The number of anilines is 1. The Labute approximate surface area is 169 Å². The molecule has 3 aliphatic rings. The Bertz CT molecular complexity index is 941. The molecule has 1 spiro atoms. The molecule has 152 valence electrons. The molecule has 1 aliphatic carbocycles. The van der Waals surface area contributed by atoms with Crippen LogP contribution in [-0.4, -0.2) is 46.7 Å². The fourth-order valence-corrected chi connectivity index (χ4v) is 4.25. The summed E-state index contributed by atoms with van der Waals surface area (Å²) in [5.74, 6) is -0.441. The predicted molar refractivity (Wildman–Crippen MR) is 107 cm³/mol. The van der Waals surface area contributed by atoms with Crippen molar-refractivity contribution >= 4 is 23.6 Å². The van der Waals surface area contributed by atoms with Gasteiger partial charge in [0.2, 0.25) is 5.91 Å². The van der Waals surface area contributed by atoms with E-state index in [4.69, 9.17) is 11.3 Å². The molecule has 2 atom stereocenters. The van der Waals surface area contributed by atoms with Gasteiger partial charge < -0.3 is 15.4 Å². The van der Waals surface area contributed by atoms with Gasteiger partial charge in [0.1, 0.15) is 16.6 Å². The number of rotatable bonds is 2. The van der Waals surface area contributed by atoms with E-state index < -0.39 is 28.8 Å². The van der Waals surface area contributed by atoms with Crippen molar-refractivity contribution < 1.29 is 19.1 Å². The summed E-state index contributed by atoms with van der Waals surface area (Å²) in [5.41, 5.74) is -0.982. The number of hydrogen-bond acceptors (Lipinski definition) is 4. The second-order valence-electron chi connectivity index (χ2n) is 9.06. The molecule has 0 bridgehead atoms. The number of ether oxygens (including phenoxy) is 1. The molecule has 2 fully saturated rings. The Kier molecular flexibility index (Phi) is 4.12. The fourth-order valence-electron chi connectivity index (χ4n) is 4.25. The van der Waals surface area contributed by atoms with E-state index in [2.05, 4.69) is 15.5 Å². The van der Waals surface area contributed by atoms with Crippen molar-refractivity contribution in [1.82, 2.24) is 10.2 Å². The van der Waals surface area contributed by atoms with Gasteiger partial charge in [-0.1, -0.05) is 23.0 Å². The average molecular weight is 397 g/mol. The standard InChI is InChI=1S/C21H24N4O4/c1-19(2,3)29-18(28)24-21(9-10-21)17(27)25-12-20(11-15(25)22-4)13-7-5-6-8-14(13)23-16(20)26/h4-8,15H,9-12H2,1-3H3,(H-,23,24,26,28)/p+1/t15-,20-/m0/s1. The Balaban J connectivity index is 1.58. The first kappa shape index (κ1) is 19.2. The van der Waals surface area contributed by atoms with E-state index in [0.29, 0.717) is 19.3 Å². The number of hydrogen-bond donors (Lipinski definition) is 2. The van der Waals surface area contributed by atoms with E-state index in [9.17, 15) is 14.4 Å². The van der Waals surface area contributed by atoms with Crippen molar-refractivity contribution in [3.05, 3.63) is 34.7 Å². The molecule has 2 N–H and O–H groups in total. The molecule has 2 heterocycles.